The third kappa shape index (κ3) is 7.62. The van der Waals surface area contributed by atoms with Gasteiger partial charge < -0.3 is 16.6 Å². The lowest BCUT2D eigenvalue weighted by atomic mass is 10.1. The molecule has 0 spiro atoms. The van der Waals surface area contributed by atoms with Crippen molar-refractivity contribution < 1.29 is 24.3 Å². The second kappa shape index (κ2) is 10.7. The smallest absolute Gasteiger partial charge is 0.321 e. The zero-order chi connectivity index (χ0) is 18.1. The third-order valence-electron chi connectivity index (χ3n) is 3.40. The Morgan fingerprint density at radius 2 is 2.00 bits per heavy atom. The maximum Gasteiger partial charge on any atom is 0.321 e. The molecule has 9 nitrogen and oxygen atoms in total. The van der Waals surface area contributed by atoms with Gasteiger partial charge in [-0.1, -0.05) is 21.6 Å². The summed E-state index contributed by atoms with van der Waals surface area (Å²) in [6, 6.07) is -2.17. The lowest BCUT2D eigenvalue weighted by Crippen LogP contribution is -2.49. The molecule has 1 rings (SSSR count). The van der Waals surface area contributed by atoms with Crippen LogP contribution < -0.4 is 22.1 Å². The number of nitrogens with one attached hydrogen (secondary N) is 2. The van der Waals surface area contributed by atoms with Gasteiger partial charge in [-0.05, 0) is 6.42 Å². The zero-order valence-corrected chi connectivity index (χ0v) is 14.7. The van der Waals surface area contributed by atoms with E-state index in [1.165, 1.54) is 21.6 Å². The molecule has 1 heterocycles. The van der Waals surface area contributed by atoms with Crippen molar-refractivity contribution in [1.82, 2.24) is 10.6 Å². The van der Waals surface area contributed by atoms with Crippen molar-refractivity contribution in [2.45, 2.75) is 31.0 Å². The van der Waals surface area contributed by atoms with Gasteiger partial charge in [0, 0.05) is 17.9 Å². The van der Waals surface area contributed by atoms with Gasteiger partial charge in [0.25, 0.3) is 0 Å². The van der Waals surface area contributed by atoms with Crippen molar-refractivity contribution in [2.24, 2.45) is 11.5 Å². The average Bonchev–Trinajstić information content (AvgIpc) is 2.61. The Morgan fingerprint density at radius 3 is 2.62 bits per heavy atom. The van der Waals surface area contributed by atoms with Crippen LogP contribution in [-0.4, -0.2) is 71.3 Å². The molecule has 24 heavy (non-hydrogen) atoms. The van der Waals surface area contributed by atoms with E-state index in [0.29, 0.717) is 11.5 Å². The van der Waals surface area contributed by atoms with Crippen LogP contribution in [0.4, 0.5) is 0 Å². The number of hydrogen-bond donors (Lipinski definition) is 5. The second-order valence-corrected chi connectivity index (χ2v) is 7.87. The summed E-state index contributed by atoms with van der Waals surface area (Å²) >= 11 is 0. The fourth-order valence-corrected chi connectivity index (χ4v) is 4.30. The van der Waals surface area contributed by atoms with Crippen molar-refractivity contribution in [3.63, 3.8) is 0 Å². The molecule has 0 saturated carbocycles. The van der Waals surface area contributed by atoms with Crippen LogP contribution in [0.1, 0.15) is 12.8 Å². The van der Waals surface area contributed by atoms with E-state index in [4.69, 9.17) is 16.6 Å². The van der Waals surface area contributed by atoms with E-state index in [9.17, 15) is 19.2 Å². The van der Waals surface area contributed by atoms with E-state index in [0.717, 1.165) is 0 Å². The molecule has 1 aliphatic rings. The molecule has 11 heteroatoms. The number of nitrogens with two attached hydrogens (primary N) is 2. The minimum Gasteiger partial charge on any atom is -0.480 e. The quantitative estimate of drug-likeness (QED) is 0.302. The minimum absolute atomic E-state index is 0.0300. The third-order valence-corrected chi connectivity index (χ3v) is 5.82. The van der Waals surface area contributed by atoms with Crippen LogP contribution in [0.3, 0.4) is 0 Å². The van der Waals surface area contributed by atoms with Crippen LogP contribution >= 0.6 is 21.6 Å². The van der Waals surface area contributed by atoms with E-state index >= 15 is 0 Å². The maximum absolute atomic E-state index is 12.1. The van der Waals surface area contributed by atoms with Crippen LogP contribution in [0.2, 0.25) is 0 Å². The first-order chi connectivity index (χ1) is 11.3. The Kier molecular flexibility index (Phi) is 9.29. The van der Waals surface area contributed by atoms with E-state index in [1.54, 1.807) is 0 Å². The highest BCUT2D eigenvalue weighted by molar-refractivity contribution is 8.76. The highest BCUT2D eigenvalue weighted by atomic mass is 33.1. The molecule has 1 amide bonds. The number of hydrogen-bond acceptors (Lipinski definition) is 9. The van der Waals surface area contributed by atoms with Crippen molar-refractivity contribution in [1.29, 1.82) is 0 Å². The van der Waals surface area contributed by atoms with Gasteiger partial charge in [-0.2, -0.15) is 0 Å². The van der Waals surface area contributed by atoms with Crippen LogP contribution in [0.5, 0.6) is 0 Å². The van der Waals surface area contributed by atoms with Crippen molar-refractivity contribution in [3.8, 4) is 0 Å². The van der Waals surface area contributed by atoms with Crippen molar-refractivity contribution >= 4 is 45.0 Å². The molecule has 1 saturated heterocycles. The molecule has 3 atom stereocenters. The van der Waals surface area contributed by atoms with Crippen LogP contribution in [0.25, 0.3) is 0 Å². The van der Waals surface area contributed by atoms with Gasteiger partial charge in [-0.15, -0.1) is 0 Å². The molecule has 0 aromatic rings. The Balaban J connectivity index is 2.47. The van der Waals surface area contributed by atoms with Crippen molar-refractivity contribution in [3.05, 3.63) is 0 Å². The van der Waals surface area contributed by atoms with Gasteiger partial charge in [0.15, 0.2) is 11.6 Å². The van der Waals surface area contributed by atoms with Gasteiger partial charge >= 0.3 is 5.97 Å². The summed E-state index contributed by atoms with van der Waals surface area (Å²) in [7, 11) is 2.73. The monoisotopic (exact) mass is 378 g/mol. The molecular weight excluding hydrogens is 356 g/mol. The summed E-state index contributed by atoms with van der Waals surface area (Å²) in [4.78, 5) is 45.8. The summed E-state index contributed by atoms with van der Waals surface area (Å²) in [5.41, 5.74) is 10.7. The Labute approximate surface area is 147 Å². The summed E-state index contributed by atoms with van der Waals surface area (Å²) in [6.07, 6.45) is 0.198. The largest absolute Gasteiger partial charge is 0.480 e. The van der Waals surface area contributed by atoms with Gasteiger partial charge in [0.1, 0.15) is 6.04 Å². The lowest BCUT2D eigenvalue weighted by Gasteiger charge is -2.17. The zero-order valence-electron chi connectivity index (χ0n) is 13.0. The average molecular weight is 378 g/mol. The fourth-order valence-electron chi connectivity index (χ4n) is 1.88. The number of carbonyl (C=O) groups is 4. The van der Waals surface area contributed by atoms with Gasteiger partial charge in [0.2, 0.25) is 5.91 Å². The Hall–Kier alpha value is -1.14. The maximum atomic E-state index is 12.1. The first-order valence-electron chi connectivity index (χ1n) is 7.34. The molecular formula is C13H22N4O5S2. The number of carboxylic acid groups (broad SMARTS) is 1. The van der Waals surface area contributed by atoms with E-state index in [1.807, 2.05) is 0 Å². The molecule has 0 unspecified atom stereocenters. The van der Waals surface area contributed by atoms with Crippen LogP contribution in [0.15, 0.2) is 0 Å². The molecule has 0 bridgehead atoms. The summed E-state index contributed by atoms with van der Waals surface area (Å²) in [5, 5.41) is 14.6. The van der Waals surface area contributed by atoms with Gasteiger partial charge in [0.05, 0.1) is 25.2 Å². The number of carbonyl (C=O) groups excluding carboxylic acids is 3. The SMILES string of the molecule is NC(=O)CC[C@H](N)C(=O)CN[C@H]1CSSC[C@@H](C(=O)O)NCC1=O. The number of Topliss-reactive ketones (excluding diaryl/α,β-unsaturated/α-hetero) is 2. The number of primary amides is 1. The number of ketones is 2. The number of amides is 1. The van der Waals surface area contributed by atoms with E-state index in [2.05, 4.69) is 10.6 Å². The van der Waals surface area contributed by atoms with Crippen LogP contribution in [-0.2, 0) is 19.2 Å². The standard InChI is InChI=1S/C13H22N4O5S2/c14-7(1-2-12(15)20)10(18)3-16-8-5-23-24-6-9(13(21)22)17-4-11(8)19/h7-9,16-17H,1-6,14H2,(H2,15,20)(H,21,22)/t7-,8-,9-/m0/s1. The first kappa shape index (κ1) is 20.9. The molecule has 0 aromatic carbocycles. The topological polar surface area (TPSA) is 165 Å². The molecule has 0 aromatic heterocycles. The first-order valence-corrected chi connectivity index (χ1v) is 9.83. The number of rotatable bonds is 8. The fraction of sp³-hybridized carbons (Fsp3) is 0.692. The second-order valence-electron chi connectivity index (χ2n) is 5.32. The molecule has 136 valence electrons. The van der Waals surface area contributed by atoms with Gasteiger partial charge in [-0.25, -0.2) is 0 Å². The molecule has 1 aliphatic heterocycles. The normalized spacial score (nSPS) is 23.6. The number of aliphatic carboxylic acids is 1. The lowest BCUT2D eigenvalue weighted by molar-refractivity contribution is -0.138. The van der Waals surface area contributed by atoms with E-state index in [-0.39, 0.29) is 37.5 Å². The predicted molar refractivity (Wildman–Crippen MR) is 92.6 cm³/mol. The highest BCUT2D eigenvalue weighted by Crippen LogP contribution is 2.24. The molecule has 0 radical (unpaired) electrons. The van der Waals surface area contributed by atoms with Gasteiger partial charge in [-0.3, -0.25) is 29.8 Å². The molecule has 0 aliphatic carbocycles. The van der Waals surface area contributed by atoms with Crippen molar-refractivity contribution in [2.75, 3.05) is 24.6 Å². The summed E-state index contributed by atoms with van der Waals surface area (Å²) in [5.74, 6) is -1.28. The summed E-state index contributed by atoms with van der Waals surface area (Å²) in [6.45, 7) is -0.179. The number of carboxylic acids is 1. The minimum atomic E-state index is -1.00. The Bertz CT molecular complexity index is 491. The predicted octanol–water partition coefficient (Wildman–Crippen LogP) is -1.89. The Morgan fingerprint density at radius 1 is 1.33 bits per heavy atom. The molecule has 1 fully saturated rings. The summed E-state index contributed by atoms with van der Waals surface area (Å²) < 4.78 is 0. The van der Waals surface area contributed by atoms with Crippen LogP contribution in [0, 0.1) is 0 Å². The molecule has 7 N–H and O–H groups in total. The highest BCUT2D eigenvalue weighted by Gasteiger charge is 2.26. The van der Waals surface area contributed by atoms with E-state index < -0.39 is 30.0 Å².